The van der Waals surface area contributed by atoms with E-state index in [1.807, 2.05) is 22.2 Å². The molecular weight excluding hydrogens is 498 g/mol. The van der Waals surface area contributed by atoms with Crippen molar-refractivity contribution in [2.75, 3.05) is 46.4 Å². The van der Waals surface area contributed by atoms with E-state index in [9.17, 15) is 9.70 Å². The molecule has 0 aliphatic carbocycles. The number of nitrogens with zero attached hydrogens (tertiary/aromatic N) is 5. The maximum absolute atomic E-state index is 12.2. The Bertz CT molecular complexity index is 1480. The number of hydrogen-bond donors (Lipinski definition) is 0. The van der Waals surface area contributed by atoms with Crippen molar-refractivity contribution >= 4 is 28.7 Å². The molecule has 0 spiro atoms. The summed E-state index contributed by atoms with van der Waals surface area (Å²) in [6.07, 6.45) is 0. The third-order valence-electron chi connectivity index (χ3n) is 7.47. The smallest absolute Gasteiger partial charge is 0.339 e. The van der Waals surface area contributed by atoms with E-state index in [2.05, 4.69) is 22.0 Å². The molecule has 1 fully saturated rings. The third kappa shape index (κ3) is 3.78. The molecule has 0 amide bonds. The summed E-state index contributed by atoms with van der Waals surface area (Å²) < 4.78 is 24.8. The van der Waals surface area contributed by atoms with Crippen LogP contribution in [-0.2, 0) is 29.2 Å². The summed E-state index contributed by atoms with van der Waals surface area (Å²) in [6.45, 7) is 6.34. The van der Waals surface area contributed by atoms with Crippen LogP contribution in [0.3, 0.4) is 0 Å². The molecule has 11 nitrogen and oxygen atoms in total. The molecule has 3 aromatic rings. The van der Waals surface area contributed by atoms with Crippen molar-refractivity contribution in [3.63, 3.8) is 0 Å². The van der Waals surface area contributed by atoms with Gasteiger partial charge in [0.1, 0.15) is 25.0 Å². The van der Waals surface area contributed by atoms with Crippen LogP contribution in [0, 0.1) is 4.91 Å². The van der Waals surface area contributed by atoms with Crippen LogP contribution in [0.5, 0.6) is 11.5 Å². The number of esters is 1. The molecule has 7 rings (SSSR count). The summed E-state index contributed by atoms with van der Waals surface area (Å²) in [5.41, 5.74) is 5.12. The lowest BCUT2D eigenvalue weighted by molar-refractivity contribution is -0.148. The van der Waals surface area contributed by atoms with Crippen molar-refractivity contribution < 1.29 is 22.9 Å². The molecule has 12 heteroatoms. The van der Waals surface area contributed by atoms with Gasteiger partial charge in [0.15, 0.2) is 23.9 Å². The number of cyclic esters (lactones) is 1. The SMILES string of the molecule is CN1CCN(Cc2c3c(nc4cc5c(cc24)OCCO5)-c2cc4c(osn2C3)COC(=O)C4N=O)CC1. The predicted octanol–water partition coefficient (Wildman–Crippen LogP) is 3.23. The molecule has 192 valence electrons. The van der Waals surface area contributed by atoms with E-state index in [4.69, 9.17) is 23.0 Å². The maximum atomic E-state index is 12.2. The van der Waals surface area contributed by atoms with Gasteiger partial charge in [-0.3, -0.25) is 8.86 Å². The standard InChI is InChI=1S/C25H25N5O6S/c1-28-2-4-29(5-3-28)11-16-14-9-20-21(34-7-6-33-20)10-18(14)26-23-17(16)12-30-19(23)8-15-22(36-37-30)13-35-25(31)24(15)27-32/h8-10,24H,2-7,11-13H2,1H3. The number of aromatic nitrogens is 2. The van der Waals surface area contributed by atoms with Gasteiger partial charge in [-0.2, -0.15) is 0 Å². The Hall–Kier alpha value is -3.48. The number of likely N-dealkylation sites (N-methyl/N-ethyl adjacent to an activating group) is 1. The van der Waals surface area contributed by atoms with Crippen molar-refractivity contribution in [1.29, 1.82) is 0 Å². The summed E-state index contributed by atoms with van der Waals surface area (Å²) >= 11 is 1.16. The number of pyridine rings is 1. The van der Waals surface area contributed by atoms with Crippen LogP contribution in [0.1, 0.15) is 28.5 Å². The summed E-state index contributed by atoms with van der Waals surface area (Å²) in [4.78, 5) is 33.7. The number of hydrogen-bond acceptors (Lipinski definition) is 11. The molecule has 0 saturated carbocycles. The molecule has 0 radical (unpaired) electrons. The minimum Gasteiger partial charge on any atom is -0.486 e. The lowest BCUT2D eigenvalue weighted by Crippen LogP contribution is -2.44. The Morgan fingerprint density at radius 2 is 1.86 bits per heavy atom. The van der Waals surface area contributed by atoms with Crippen molar-refractivity contribution in [2.24, 2.45) is 5.18 Å². The fourth-order valence-corrected chi connectivity index (χ4v) is 6.12. The predicted molar refractivity (Wildman–Crippen MR) is 134 cm³/mol. The topological polar surface area (TPSA) is 112 Å². The zero-order valence-electron chi connectivity index (χ0n) is 20.3. The zero-order valence-corrected chi connectivity index (χ0v) is 21.1. The lowest BCUT2D eigenvalue weighted by atomic mass is 9.98. The molecule has 37 heavy (non-hydrogen) atoms. The molecule has 4 aliphatic heterocycles. The Morgan fingerprint density at radius 1 is 1.08 bits per heavy atom. The van der Waals surface area contributed by atoms with E-state index >= 15 is 0 Å². The summed E-state index contributed by atoms with van der Waals surface area (Å²) in [6, 6.07) is 4.54. The van der Waals surface area contributed by atoms with E-state index in [-0.39, 0.29) is 6.61 Å². The van der Waals surface area contributed by atoms with Gasteiger partial charge in [-0.1, -0.05) is 0 Å². The average Bonchev–Trinajstić information content (AvgIpc) is 3.14. The Kier molecular flexibility index (Phi) is 5.41. The molecule has 0 N–H and O–H groups in total. The normalized spacial score (nSPS) is 20.7. The largest absolute Gasteiger partial charge is 0.486 e. The molecule has 1 atom stereocenters. The van der Waals surface area contributed by atoms with Crippen molar-refractivity contribution in [3.05, 3.63) is 45.6 Å². The molecule has 1 unspecified atom stereocenters. The third-order valence-corrected chi connectivity index (χ3v) is 8.25. The molecular formula is C25H25N5O6S. The van der Waals surface area contributed by atoms with Crippen LogP contribution in [0.4, 0.5) is 0 Å². The van der Waals surface area contributed by atoms with Gasteiger partial charge in [-0.25, -0.2) is 9.78 Å². The molecule has 1 aromatic carbocycles. The highest BCUT2D eigenvalue weighted by atomic mass is 32.1. The second kappa shape index (κ2) is 8.82. The Morgan fingerprint density at radius 3 is 2.65 bits per heavy atom. The van der Waals surface area contributed by atoms with Crippen molar-refractivity contribution in [2.45, 2.75) is 25.7 Å². The second-order valence-electron chi connectivity index (χ2n) is 9.73. The van der Waals surface area contributed by atoms with Crippen LogP contribution < -0.4 is 9.47 Å². The van der Waals surface area contributed by atoms with Gasteiger partial charge in [-0.15, -0.1) is 4.91 Å². The van der Waals surface area contributed by atoms with E-state index in [0.717, 1.165) is 78.2 Å². The monoisotopic (exact) mass is 523 g/mol. The summed E-state index contributed by atoms with van der Waals surface area (Å²) in [7, 11) is 2.15. The number of benzene rings is 1. The maximum Gasteiger partial charge on any atom is 0.339 e. The van der Waals surface area contributed by atoms with Gasteiger partial charge in [-0.05, 0) is 29.9 Å². The van der Waals surface area contributed by atoms with Gasteiger partial charge in [0.05, 0.1) is 23.4 Å². The lowest BCUT2D eigenvalue weighted by Gasteiger charge is -2.33. The first-order valence-corrected chi connectivity index (χ1v) is 13.0. The Balaban J connectivity index is 1.42. The number of fused-ring (bicyclic) bond motifs is 6. The van der Waals surface area contributed by atoms with Crippen LogP contribution >= 0.6 is 11.8 Å². The highest BCUT2D eigenvalue weighted by Crippen LogP contribution is 2.43. The first kappa shape index (κ1) is 22.7. The molecule has 1 saturated heterocycles. The fraction of sp³-hybridized carbons (Fsp3) is 0.440. The quantitative estimate of drug-likeness (QED) is 0.295. The van der Waals surface area contributed by atoms with Crippen LogP contribution in [0.15, 0.2) is 27.2 Å². The van der Waals surface area contributed by atoms with E-state index in [0.29, 0.717) is 36.8 Å². The van der Waals surface area contributed by atoms with Gasteiger partial charge in [0, 0.05) is 55.3 Å². The first-order chi connectivity index (χ1) is 18.1. The molecule has 2 aromatic heterocycles. The number of piperazine rings is 1. The van der Waals surface area contributed by atoms with Crippen LogP contribution in [0.25, 0.3) is 22.3 Å². The highest BCUT2D eigenvalue weighted by Gasteiger charge is 2.35. The number of rotatable bonds is 3. The van der Waals surface area contributed by atoms with E-state index in [1.165, 1.54) is 5.56 Å². The van der Waals surface area contributed by atoms with E-state index < -0.39 is 12.0 Å². The zero-order chi connectivity index (χ0) is 25.1. The number of ether oxygens (including phenoxy) is 3. The summed E-state index contributed by atoms with van der Waals surface area (Å²) in [5, 5.41) is 4.07. The van der Waals surface area contributed by atoms with Gasteiger partial charge in [0.25, 0.3) is 0 Å². The van der Waals surface area contributed by atoms with Crippen molar-refractivity contribution in [3.8, 4) is 22.9 Å². The molecule has 0 bridgehead atoms. The fourth-order valence-electron chi connectivity index (χ4n) is 5.40. The molecule has 4 aliphatic rings. The van der Waals surface area contributed by atoms with Gasteiger partial charge in [0.2, 0.25) is 6.04 Å². The molecule has 6 heterocycles. The minimum absolute atomic E-state index is 0.0268. The second-order valence-corrected chi connectivity index (χ2v) is 10.5. The minimum atomic E-state index is -1.26. The Labute approximate surface area is 216 Å². The first-order valence-electron chi connectivity index (χ1n) is 12.3. The number of nitroso groups, excluding NO2 is 1. The highest BCUT2D eigenvalue weighted by molar-refractivity contribution is 6.97. The number of carbonyl (C=O) groups is 1. The van der Waals surface area contributed by atoms with E-state index in [1.54, 1.807) is 0 Å². The van der Waals surface area contributed by atoms with Crippen LogP contribution in [0.2, 0.25) is 0 Å². The van der Waals surface area contributed by atoms with Gasteiger partial charge >= 0.3 is 5.97 Å². The van der Waals surface area contributed by atoms with Crippen LogP contribution in [-0.4, -0.2) is 71.2 Å². The van der Waals surface area contributed by atoms with Gasteiger partial charge < -0.3 is 23.0 Å². The summed E-state index contributed by atoms with van der Waals surface area (Å²) in [5.74, 6) is 1.18. The number of carbonyl (C=O) groups excluding carboxylic acids is 1. The van der Waals surface area contributed by atoms with Crippen molar-refractivity contribution in [1.82, 2.24) is 18.7 Å². The average molecular weight is 524 g/mol.